The van der Waals surface area contributed by atoms with Crippen molar-refractivity contribution in [1.29, 1.82) is 0 Å². The average Bonchev–Trinajstić information content (AvgIpc) is 3.44. The molecule has 4 rings (SSSR count). The number of aromatic nitrogens is 4. The molecule has 1 aromatic heterocycles. The molecule has 0 saturated carbocycles. The number of rotatable bonds is 6. The minimum atomic E-state index is -1.68. The summed E-state index contributed by atoms with van der Waals surface area (Å²) in [5.74, 6) is -2.22. The summed E-state index contributed by atoms with van der Waals surface area (Å²) < 4.78 is 14.6. The lowest BCUT2D eigenvalue weighted by atomic mass is 9.86. The van der Waals surface area contributed by atoms with Crippen LogP contribution in [-0.2, 0) is 16.0 Å². The smallest absolute Gasteiger partial charge is 0.277 e. The molecule has 1 unspecified atom stereocenters. The second-order valence-electron chi connectivity index (χ2n) is 7.21. The topological polar surface area (TPSA) is 140 Å². The van der Waals surface area contributed by atoms with Crippen LogP contribution in [0.4, 0.5) is 4.39 Å². The highest BCUT2D eigenvalue weighted by molar-refractivity contribution is 6.30. The average molecular weight is 458 g/mol. The first-order valence-electron chi connectivity index (χ1n) is 9.43. The third-order valence-electron chi connectivity index (χ3n) is 5.24. The van der Waals surface area contributed by atoms with Gasteiger partial charge < -0.3 is 10.8 Å². The molecule has 0 radical (unpaired) electrons. The molecule has 0 spiro atoms. The lowest BCUT2D eigenvalue weighted by Crippen LogP contribution is -2.57. The van der Waals surface area contributed by atoms with E-state index >= 15 is 0 Å². The van der Waals surface area contributed by atoms with Crippen LogP contribution in [-0.4, -0.2) is 53.9 Å². The predicted octanol–water partition coefficient (Wildman–Crippen LogP) is 1.17. The minimum absolute atomic E-state index is 0.0196. The maximum absolute atomic E-state index is 13.2. The monoisotopic (exact) mass is 457 g/mol. The maximum atomic E-state index is 13.2. The zero-order valence-electron chi connectivity index (χ0n) is 16.5. The highest BCUT2D eigenvalue weighted by atomic mass is 35.5. The molecular formula is C20H17ClFN7O3. The molecule has 12 heteroatoms. The van der Waals surface area contributed by atoms with Crippen molar-refractivity contribution >= 4 is 29.6 Å². The number of halogens is 2. The molecule has 32 heavy (non-hydrogen) atoms. The second kappa shape index (κ2) is 8.44. The summed E-state index contributed by atoms with van der Waals surface area (Å²) in [5.41, 5.74) is 5.35. The zero-order valence-corrected chi connectivity index (χ0v) is 17.2. The van der Waals surface area contributed by atoms with E-state index in [1.807, 2.05) is 0 Å². The molecule has 0 fully saturated rings. The summed E-state index contributed by atoms with van der Waals surface area (Å²) in [6.07, 6.45) is 1.02. The van der Waals surface area contributed by atoms with Crippen molar-refractivity contribution in [3.05, 3.63) is 70.8 Å². The fraction of sp³-hybridized carbons (Fsp3) is 0.200. The van der Waals surface area contributed by atoms with E-state index in [0.29, 0.717) is 16.3 Å². The molecule has 3 N–H and O–H groups in total. The maximum Gasteiger partial charge on any atom is 0.277 e. The van der Waals surface area contributed by atoms with Crippen LogP contribution >= 0.6 is 11.6 Å². The van der Waals surface area contributed by atoms with E-state index in [0.717, 1.165) is 17.1 Å². The Hall–Kier alpha value is -3.70. The zero-order chi connectivity index (χ0) is 22.9. The van der Waals surface area contributed by atoms with E-state index < -0.39 is 29.3 Å². The number of tetrazole rings is 1. The molecule has 10 nitrogen and oxygen atoms in total. The number of carbonyl (C=O) groups excluding carboxylic acids is 2. The van der Waals surface area contributed by atoms with Crippen LogP contribution in [0.3, 0.4) is 0 Å². The Labute approximate surface area is 186 Å². The van der Waals surface area contributed by atoms with Gasteiger partial charge in [-0.3, -0.25) is 9.59 Å². The number of benzene rings is 2. The normalized spacial score (nSPS) is 18.7. The molecule has 1 aliphatic rings. The fourth-order valence-corrected chi connectivity index (χ4v) is 3.78. The summed E-state index contributed by atoms with van der Waals surface area (Å²) >= 11 is 6.17. The Morgan fingerprint density at radius 1 is 1.25 bits per heavy atom. The number of primary amides is 1. The lowest BCUT2D eigenvalue weighted by Gasteiger charge is -2.35. The summed E-state index contributed by atoms with van der Waals surface area (Å²) in [6, 6.07) is 9.69. The molecule has 3 aromatic rings. The molecule has 0 saturated heterocycles. The molecule has 2 heterocycles. The molecular weight excluding hydrogens is 441 g/mol. The first-order chi connectivity index (χ1) is 15.3. The summed E-state index contributed by atoms with van der Waals surface area (Å²) in [5, 5.41) is 27.0. The van der Waals surface area contributed by atoms with Crippen molar-refractivity contribution in [1.82, 2.24) is 25.2 Å². The van der Waals surface area contributed by atoms with Crippen LogP contribution in [0, 0.1) is 5.82 Å². The predicted molar refractivity (Wildman–Crippen MR) is 111 cm³/mol. The van der Waals surface area contributed by atoms with Crippen molar-refractivity contribution in [2.75, 3.05) is 0 Å². The van der Waals surface area contributed by atoms with E-state index in [1.54, 1.807) is 18.2 Å². The summed E-state index contributed by atoms with van der Waals surface area (Å²) in [7, 11) is 0. The van der Waals surface area contributed by atoms with Crippen LogP contribution in [0.15, 0.2) is 53.9 Å². The van der Waals surface area contributed by atoms with Gasteiger partial charge in [-0.2, -0.15) is 5.10 Å². The van der Waals surface area contributed by atoms with Gasteiger partial charge in [0.15, 0.2) is 11.6 Å². The van der Waals surface area contributed by atoms with E-state index in [9.17, 15) is 19.1 Å². The largest absolute Gasteiger partial charge is 0.378 e. The lowest BCUT2D eigenvalue weighted by molar-refractivity contribution is -0.151. The van der Waals surface area contributed by atoms with E-state index in [1.165, 1.54) is 29.4 Å². The van der Waals surface area contributed by atoms with Gasteiger partial charge in [0, 0.05) is 24.1 Å². The van der Waals surface area contributed by atoms with Gasteiger partial charge in [-0.05, 0) is 51.9 Å². The minimum Gasteiger partial charge on any atom is -0.378 e. The molecule has 2 atom stereocenters. The van der Waals surface area contributed by atoms with E-state index in [-0.39, 0.29) is 18.4 Å². The summed E-state index contributed by atoms with van der Waals surface area (Å²) in [4.78, 5) is 25.8. The van der Waals surface area contributed by atoms with Crippen LogP contribution in [0.2, 0.25) is 5.02 Å². The number of carbonyl (C=O) groups is 2. The van der Waals surface area contributed by atoms with Gasteiger partial charge in [-0.25, -0.2) is 14.1 Å². The van der Waals surface area contributed by atoms with Crippen molar-refractivity contribution in [2.24, 2.45) is 10.8 Å². The van der Waals surface area contributed by atoms with Crippen LogP contribution in [0.5, 0.6) is 0 Å². The molecule has 164 valence electrons. The number of hydrogen-bond donors (Lipinski definition) is 2. The Morgan fingerprint density at radius 2 is 2.00 bits per heavy atom. The van der Waals surface area contributed by atoms with Gasteiger partial charge in [0.2, 0.25) is 5.91 Å². The Bertz CT molecular complexity index is 1190. The van der Waals surface area contributed by atoms with Crippen molar-refractivity contribution < 1.29 is 19.1 Å². The molecule has 0 aliphatic carbocycles. The van der Waals surface area contributed by atoms with Crippen molar-refractivity contribution in [2.45, 2.75) is 24.5 Å². The van der Waals surface area contributed by atoms with Gasteiger partial charge in [0.25, 0.3) is 5.91 Å². The first kappa shape index (κ1) is 21.5. The van der Waals surface area contributed by atoms with E-state index in [4.69, 9.17) is 17.3 Å². The number of nitrogens with zero attached hydrogens (tertiary/aromatic N) is 6. The third kappa shape index (κ3) is 3.83. The molecule has 1 aliphatic heterocycles. The van der Waals surface area contributed by atoms with Crippen LogP contribution in [0.25, 0.3) is 5.69 Å². The number of hydrogen-bond acceptors (Lipinski definition) is 7. The second-order valence-corrected chi connectivity index (χ2v) is 7.64. The van der Waals surface area contributed by atoms with Gasteiger partial charge >= 0.3 is 0 Å². The number of nitrogens with two attached hydrogens (primary N) is 1. The van der Waals surface area contributed by atoms with Crippen molar-refractivity contribution in [3.63, 3.8) is 0 Å². The fourth-order valence-electron chi connectivity index (χ4n) is 3.59. The number of hydrazone groups is 1. The highest BCUT2D eigenvalue weighted by Crippen LogP contribution is 2.34. The van der Waals surface area contributed by atoms with Crippen LogP contribution in [0.1, 0.15) is 23.7 Å². The van der Waals surface area contributed by atoms with Gasteiger partial charge in [0.05, 0.1) is 5.69 Å². The van der Waals surface area contributed by atoms with Gasteiger partial charge in [0.1, 0.15) is 12.1 Å². The highest BCUT2D eigenvalue weighted by Gasteiger charge is 2.50. The molecule has 2 aromatic carbocycles. The number of amides is 2. The Kier molecular flexibility index (Phi) is 5.68. The Balaban J connectivity index is 1.71. The first-order valence-corrected chi connectivity index (χ1v) is 9.81. The van der Waals surface area contributed by atoms with Gasteiger partial charge in [-0.15, -0.1) is 5.10 Å². The van der Waals surface area contributed by atoms with Crippen molar-refractivity contribution in [3.8, 4) is 5.69 Å². The standard InChI is InChI=1S/C20H17ClFN7O3/c21-14-3-6-16(28-11-24-26-27-28)13(9-14)10-20(19(23)32)7-8-25-29(20)18(31)17(30)12-1-4-15(22)5-2-12/h1-6,8-9,11,17,30H,7,10H2,(H2,23,32)/t17-,20?/m1/s1. The van der Waals surface area contributed by atoms with E-state index in [2.05, 4.69) is 20.6 Å². The number of aliphatic hydroxyl groups is 1. The van der Waals surface area contributed by atoms with Crippen LogP contribution < -0.4 is 5.73 Å². The number of aliphatic hydroxyl groups excluding tert-OH is 1. The van der Waals surface area contributed by atoms with Gasteiger partial charge in [-0.1, -0.05) is 23.7 Å². The quantitative estimate of drug-likeness (QED) is 0.569. The SMILES string of the molecule is NC(=O)C1(Cc2cc(Cl)ccc2-n2cnnn2)CC=NN1C(=O)[C@H](O)c1ccc(F)cc1. The Morgan fingerprint density at radius 3 is 2.66 bits per heavy atom. The third-order valence-corrected chi connectivity index (χ3v) is 5.47. The molecule has 2 amide bonds. The summed E-state index contributed by atoms with van der Waals surface area (Å²) in [6.45, 7) is 0. The molecule has 0 bridgehead atoms.